The maximum atomic E-state index is 4.67. The first-order chi connectivity index (χ1) is 9.09. The van der Waals surface area contributed by atoms with Crippen molar-refractivity contribution in [3.05, 3.63) is 35.1 Å². The standard InChI is InChI=1S/C17H26N2/c1-13(2)12-19(4)16-9-7-5-6-8-15-10-11-18-14(3)17(15)16/h5-6,8,13H,7,9-12H2,1-4H3. The zero-order valence-electron chi connectivity index (χ0n) is 12.7. The molecule has 0 aromatic heterocycles. The van der Waals surface area contributed by atoms with Crippen LogP contribution in [0.1, 0.15) is 40.0 Å². The Bertz CT molecular complexity index is 450. The van der Waals surface area contributed by atoms with E-state index < -0.39 is 0 Å². The van der Waals surface area contributed by atoms with Gasteiger partial charge in [-0.15, -0.1) is 0 Å². The molecule has 0 spiro atoms. The maximum Gasteiger partial charge on any atom is 0.0433 e. The molecule has 0 amide bonds. The van der Waals surface area contributed by atoms with Gasteiger partial charge in [-0.1, -0.05) is 32.1 Å². The number of allylic oxidation sites excluding steroid dienone is 5. The fourth-order valence-electron chi connectivity index (χ4n) is 3.01. The van der Waals surface area contributed by atoms with E-state index in [1.165, 1.54) is 22.6 Å². The average molecular weight is 258 g/mol. The lowest BCUT2D eigenvalue weighted by atomic mass is 9.90. The van der Waals surface area contributed by atoms with Crippen LogP contribution in [-0.2, 0) is 0 Å². The van der Waals surface area contributed by atoms with Crippen molar-refractivity contribution in [2.45, 2.75) is 40.0 Å². The fraction of sp³-hybridized carbons (Fsp3) is 0.588. The second-order valence-electron chi connectivity index (χ2n) is 5.97. The van der Waals surface area contributed by atoms with Crippen LogP contribution in [0.15, 0.2) is 40.1 Å². The quantitative estimate of drug-likeness (QED) is 0.748. The van der Waals surface area contributed by atoms with Crippen LogP contribution in [-0.4, -0.2) is 30.7 Å². The molecule has 2 heteroatoms. The summed E-state index contributed by atoms with van der Waals surface area (Å²) in [5.41, 5.74) is 5.58. The van der Waals surface area contributed by atoms with Gasteiger partial charge in [-0.05, 0) is 37.7 Å². The second-order valence-corrected chi connectivity index (χ2v) is 5.97. The molecular formula is C17H26N2. The van der Waals surface area contributed by atoms with Crippen LogP contribution in [0.3, 0.4) is 0 Å². The van der Waals surface area contributed by atoms with Crippen LogP contribution in [0.25, 0.3) is 0 Å². The fourth-order valence-corrected chi connectivity index (χ4v) is 3.01. The molecular weight excluding hydrogens is 232 g/mol. The van der Waals surface area contributed by atoms with Crippen LogP contribution in [0.4, 0.5) is 0 Å². The summed E-state index contributed by atoms with van der Waals surface area (Å²) >= 11 is 0. The summed E-state index contributed by atoms with van der Waals surface area (Å²) in [5.74, 6) is 0.687. The van der Waals surface area contributed by atoms with Crippen molar-refractivity contribution in [1.29, 1.82) is 0 Å². The summed E-state index contributed by atoms with van der Waals surface area (Å²) in [7, 11) is 2.23. The normalized spacial score (nSPS) is 19.6. The molecule has 104 valence electrons. The number of aliphatic imine (C=N–C) groups is 1. The van der Waals surface area contributed by atoms with Gasteiger partial charge in [0.05, 0.1) is 0 Å². The summed E-state index contributed by atoms with van der Waals surface area (Å²) < 4.78 is 0. The molecule has 19 heavy (non-hydrogen) atoms. The minimum Gasteiger partial charge on any atom is -0.377 e. The highest BCUT2D eigenvalue weighted by Gasteiger charge is 2.21. The Labute approximate surface area is 117 Å². The van der Waals surface area contributed by atoms with Crippen molar-refractivity contribution < 1.29 is 0 Å². The number of hydrogen-bond acceptors (Lipinski definition) is 2. The van der Waals surface area contributed by atoms with Crippen molar-refractivity contribution in [1.82, 2.24) is 4.90 Å². The minimum atomic E-state index is 0.687. The zero-order valence-corrected chi connectivity index (χ0v) is 12.7. The van der Waals surface area contributed by atoms with Crippen molar-refractivity contribution in [2.24, 2.45) is 10.9 Å². The summed E-state index contributed by atoms with van der Waals surface area (Å²) in [5, 5.41) is 0. The largest absolute Gasteiger partial charge is 0.377 e. The number of nitrogens with zero attached hydrogens (tertiary/aromatic N) is 2. The predicted octanol–water partition coefficient (Wildman–Crippen LogP) is 3.97. The lowest BCUT2D eigenvalue weighted by Crippen LogP contribution is -2.27. The Morgan fingerprint density at radius 1 is 1.32 bits per heavy atom. The van der Waals surface area contributed by atoms with Gasteiger partial charge < -0.3 is 4.90 Å². The first kappa shape index (κ1) is 14.1. The Morgan fingerprint density at radius 3 is 2.84 bits per heavy atom. The van der Waals surface area contributed by atoms with Crippen molar-refractivity contribution in [2.75, 3.05) is 20.1 Å². The molecule has 1 aliphatic heterocycles. The Kier molecular flexibility index (Phi) is 4.62. The van der Waals surface area contributed by atoms with Gasteiger partial charge >= 0.3 is 0 Å². The van der Waals surface area contributed by atoms with E-state index >= 15 is 0 Å². The monoisotopic (exact) mass is 258 g/mol. The van der Waals surface area contributed by atoms with Gasteiger partial charge in [0.1, 0.15) is 0 Å². The second kappa shape index (κ2) is 6.23. The number of hydrogen-bond donors (Lipinski definition) is 0. The molecule has 2 aliphatic rings. The molecule has 0 aromatic rings. The van der Waals surface area contributed by atoms with Crippen molar-refractivity contribution in [3.8, 4) is 0 Å². The van der Waals surface area contributed by atoms with Crippen LogP contribution in [0, 0.1) is 5.92 Å². The van der Waals surface area contributed by atoms with Gasteiger partial charge in [-0.25, -0.2) is 0 Å². The van der Waals surface area contributed by atoms with Gasteiger partial charge in [0.25, 0.3) is 0 Å². The lowest BCUT2D eigenvalue weighted by Gasteiger charge is -2.30. The molecule has 0 N–H and O–H groups in total. The molecule has 0 fully saturated rings. The molecule has 2 rings (SSSR count). The van der Waals surface area contributed by atoms with Gasteiger partial charge in [0, 0.05) is 37.1 Å². The number of fused-ring (bicyclic) bond motifs is 1. The molecule has 0 saturated heterocycles. The first-order valence-corrected chi connectivity index (χ1v) is 7.41. The lowest BCUT2D eigenvalue weighted by molar-refractivity contribution is 0.348. The summed E-state index contributed by atoms with van der Waals surface area (Å²) in [6, 6.07) is 0. The van der Waals surface area contributed by atoms with Crippen LogP contribution < -0.4 is 0 Å². The topological polar surface area (TPSA) is 15.6 Å². The Hall–Kier alpha value is -1.31. The van der Waals surface area contributed by atoms with Crippen molar-refractivity contribution in [3.63, 3.8) is 0 Å². The molecule has 2 nitrogen and oxygen atoms in total. The molecule has 0 unspecified atom stereocenters. The van der Waals surface area contributed by atoms with E-state index in [-0.39, 0.29) is 0 Å². The van der Waals surface area contributed by atoms with E-state index in [9.17, 15) is 0 Å². The van der Waals surface area contributed by atoms with Gasteiger partial charge in [0.2, 0.25) is 0 Å². The van der Waals surface area contributed by atoms with E-state index in [2.05, 4.69) is 55.9 Å². The maximum absolute atomic E-state index is 4.67. The van der Waals surface area contributed by atoms with E-state index in [0.29, 0.717) is 5.92 Å². The molecule has 0 saturated carbocycles. The summed E-state index contributed by atoms with van der Waals surface area (Å²) in [6.07, 6.45) is 10.1. The molecule has 0 aromatic carbocycles. The molecule has 1 heterocycles. The predicted molar refractivity (Wildman–Crippen MR) is 83.5 cm³/mol. The zero-order chi connectivity index (χ0) is 13.8. The molecule has 0 bridgehead atoms. The highest BCUT2D eigenvalue weighted by molar-refractivity contribution is 6.03. The van der Waals surface area contributed by atoms with E-state index in [4.69, 9.17) is 0 Å². The van der Waals surface area contributed by atoms with Crippen LogP contribution in [0.5, 0.6) is 0 Å². The Balaban J connectivity index is 2.42. The third-order valence-corrected chi connectivity index (χ3v) is 3.78. The summed E-state index contributed by atoms with van der Waals surface area (Å²) in [6.45, 7) is 8.78. The van der Waals surface area contributed by atoms with Crippen LogP contribution in [0.2, 0.25) is 0 Å². The minimum absolute atomic E-state index is 0.687. The van der Waals surface area contributed by atoms with E-state index in [1.807, 2.05) is 0 Å². The summed E-state index contributed by atoms with van der Waals surface area (Å²) in [4.78, 5) is 7.11. The third-order valence-electron chi connectivity index (χ3n) is 3.78. The van der Waals surface area contributed by atoms with Gasteiger partial charge in [0.15, 0.2) is 0 Å². The number of rotatable bonds is 3. The molecule has 0 radical (unpaired) electrons. The van der Waals surface area contributed by atoms with E-state index in [0.717, 1.165) is 32.4 Å². The van der Waals surface area contributed by atoms with Gasteiger partial charge in [-0.3, -0.25) is 4.99 Å². The van der Waals surface area contributed by atoms with Gasteiger partial charge in [-0.2, -0.15) is 0 Å². The average Bonchev–Trinajstić information content (AvgIpc) is 2.29. The smallest absolute Gasteiger partial charge is 0.0433 e. The Morgan fingerprint density at radius 2 is 2.11 bits per heavy atom. The van der Waals surface area contributed by atoms with Crippen molar-refractivity contribution >= 4 is 5.71 Å². The first-order valence-electron chi connectivity index (χ1n) is 7.41. The molecule has 0 atom stereocenters. The SMILES string of the molecule is CC1=NCCC2=CC=CCCC(N(C)CC(C)C)=C21. The van der Waals surface area contributed by atoms with E-state index in [1.54, 1.807) is 0 Å². The third kappa shape index (κ3) is 3.37. The van der Waals surface area contributed by atoms with Crippen LogP contribution >= 0.6 is 0 Å². The molecule has 1 aliphatic carbocycles. The highest BCUT2D eigenvalue weighted by atomic mass is 15.1. The highest BCUT2D eigenvalue weighted by Crippen LogP contribution is 2.30.